The molecule has 0 unspecified atom stereocenters. The predicted molar refractivity (Wildman–Crippen MR) is 125 cm³/mol. The second-order valence-electron chi connectivity index (χ2n) is 6.81. The molecule has 2 amide bonds. The van der Waals surface area contributed by atoms with Gasteiger partial charge < -0.3 is 4.74 Å². The van der Waals surface area contributed by atoms with Gasteiger partial charge in [0.15, 0.2) is 0 Å². The molecule has 0 radical (unpaired) electrons. The summed E-state index contributed by atoms with van der Waals surface area (Å²) >= 11 is 13.3. The molecule has 156 valence electrons. The number of nitrogens with zero attached hydrogens (tertiary/aromatic N) is 1. The molecule has 0 saturated carbocycles. The fourth-order valence-electron chi connectivity index (χ4n) is 3.04. The van der Waals surface area contributed by atoms with Crippen molar-refractivity contribution in [3.63, 3.8) is 0 Å². The van der Waals surface area contributed by atoms with Gasteiger partial charge in [-0.3, -0.25) is 14.5 Å². The van der Waals surface area contributed by atoms with Crippen molar-refractivity contribution in [1.29, 1.82) is 0 Å². The molecule has 1 saturated heterocycles. The molecule has 3 aromatic rings. The zero-order chi connectivity index (χ0) is 21.8. The molecule has 7 heteroatoms. The SMILES string of the molecule is O=C1S/C(=C\c2ccc(OCc3c(Cl)cccc3Cl)cc2)C(=O)N1Cc1ccccc1. The first kappa shape index (κ1) is 21.5. The van der Waals surface area contributed by atoms with Crippen LogP contribution in [0.3, 0.4) is 0 Å². The highest BCUT2D eigenvalue weighted by Crippen LogP contribution is 2.33. The lowest BCUT2D eigenvalue weighted by molar-refractivity contribution is -0.123. The van der Waals surface area contributed by atoms with Gasteiger partial charge in [-0.25, -0.2) is 0 Å². The van der Waals surface area contributed by atoms with Crippen LogP contribution < -0.4 is 4.74 Å². The topological polar surface area (TPSA) is 46.6 Å². The third kappa shape index (κ3) is 5.13. The minimum absolute atomic E-state index is 0.246. The van der Waals surface area contributed by atoms with E-state index < -0.39 is 0 Å². The van der Waals surface area contributed by atoms with Gasteiger partial charge in [0.2, 0.25) is 0 Å². The van der Waals surface area contributed by atoms with Crippen LogP contribution in [0, 0.1) is 0 Å². The van der Waals surface area contributed by atoms with Crippen LogP contribution in [0.4, 0.5) is 4.79 Å². The number of imide groups is 1. The lowest BCUT2D eigenvalue weighted by Gasteiger charge is -2.12. The molecule has 0 spiro atoms. The number of halogens is 2. The standard InChI is InChI=1S/C24H17Cl2NO3S/c25-20-7-4-8-21(26)19(20)15-30-18-11-9-16(10-12-18)13-22-23(28)27(24(29)31-22)14-17-5-2-1-3-6-17/h1-13H,14-15H2/b22-13-. The number of benzene rings is 3. The summed E-state index contributed by atoms with van der Waals surface area (Å²) in [5.74, 6) is 0.359. The maximum Gasteiger partial charge on any atom is 0.293 e. The van der Waals surface area contributed by atoms with Crippen molar-refractivity contribution in [2.45, 2.75) is 13.2 Å². The number of ether oxygens (including phenoxy) is 1. The van der Waals surface area contributed by atoms with Gasteiger partial charge >= 0.3 is 0 Å². The van der Waals surface area contributed by atoms with Gasteiger partial charge in [0.1, 0.15) is 12.4 Å². The summed E-state index contributed by atoms with van der Waals surface area (Å²) in [5, 5.41) is 0.836. The summed E-state index contributed by atoms with van der Waals surface area (Å²) in [6, 6.07) is 22.0. The molecule has 4 rings (SSSR count). The highest BCUT2D eigenvalue weighted by Gasteiger charge is 2.34. The first-order valence-electron chi connectivity index (χ1n) is 9.46. The van der Waals surface area contributed by atoms with Crippen LogP contribution in [0.1, 0.15) is 16.7 Å². The second-order valence-corrected chi connectivity index (χ2v) is 8.62. The van der Waals surface area contributed by atoms with E-state index in [1.54, 1.807) is 36.4 Å². The Bertz CT molecular complexity index is 1130. The smallest absolute Gasteiger partial charge is 0.293 e. The van der Waals surface area contributed by atoms with E-state index in [1.807, 2.05) is 42.5 Å². The molecule has 1 fully saturated rings. The second kappa shape index (κ2) is 9.60. The van der Waals surface area contributed by atoms with Gasteiger partial charge in [-0.1, -0.05) is 71.7 Å². The fourth-order valence-corrected chi connectivity index (χ4v) is 4.38. The predicted octanol–water partition coefficient (Wildman–Crippen LogP) is 6.81. The Hall–Kier alpha value is -2.73. The number of hydrogen-bond acceptors (Lipinski definition) is 4. The van der Waals surface area contributed by atoms with E-state index in [4.69, 9.17) is 27.9 Å². The Kier molecular flexibility index (Phi) is 6.66. The van der Waals surface area contributed by atoms with Gasteiger partial charge in [-0.05, 0) is 53.2 Å². The minimum Gasteiger partial charge on any atom is -0.489 e. The molecule has 0 atom stereocenters. The summed E-state index contributed by atoms with van der Waals surface area (Å²) in [5.41, 5.74) is 2.43. The first-order chi connectivity index (χ1) is 15.0. The average molecular weight is 470 g/mol. The van der Waals surface area contributed by atoms with Crippen molar-refractivity contribution in [2.24, 2.45) is 0 Å². The maximum atomic E-state index is 12.7. The molecule has 0 N–H and O–H groups in total. The van der Waals surface area contributed by atoms with Crippen LogP contribution in [0.25, 0.3) is 6.08 Å². The number of carbonyl (C=O) groups is 2. The molecular formula is C24H17Cl2NO3S. The van der Waals surface area contributed by atoms with Crippen molar-refractivity contribution in [1.82, 2.24) is 4.90 Å². The number of hydrogen-bond donors (Lipinski definition) is 0. The van der Waals surface area contributed by atoms with Crippen molar-refractivity contribution in [3.8, 4) is 5.75 Å². The highest BCUT2D eigenvalue weighted by molar-refractivity contribution is 8.18. The maximum absolute atomic E-state index is 12.7. The van der Waals surface area contributed by atoms with Gasteiger partial charge in [0.25, 0.3) is 11.1 Å². The van der Waals surface area contributed by atoms with Gasteiger partial charge in [-0.2, -0.15) is 0 Å². The van der Waals surface area contributed by atoms with E-state index >= 15 is 0 Å². The van der Waals surface area contributed by atoms with E-state index in [-0.39, 0.29) is 24.3 Å². The number of rotatable bonds is 6. The van der Waals surface area contributed by atoms with Crippen LogP contribution in [-0.2, 0) is 17.9 Å². The lowest BCUT2D eigenvalue weighted by atomic mass is 10.2. The van der Waals surface area contributed by atoms with E-state index in [1.165, 1.54) is 4.90 Å². The average Bonchev–Trinajstić information content (AvgIpc) is 3.02. The quantitative estimate of drug-likeness (QED) is 0.372. The number of amides is 2. The van der Waals surface area contributed by atoms with E-state index in [2.05, 4.69) is 0 Å². The van der Waals surface area contributed by atoms with Gasteiger partial charge in [0.05, 0.1) is 11.4 Å². The monoisotopic (exact) mass is 469 g/mol. The zero-order valence-electron chi connectivity index (χ0n) is 16.3. The van der Waals surface area contributed by atoms with Crippen molar-refractivity contribution < 1.29 is 14.3 Å². The third-order valence-electron chi connectivity index (χ3n) is 4.68. The highest BCUT2D eigenvalue weighted by atomic mass is 35.5. The fraction of sp³-hybridized carbons (Fsp3) is 0.0833. The Balaban J connectivity index is 1.42. The molecule has 0 aliphatic carbocycles. The van der Waals surface area contributed by atoms with Crippen LogP contribution >= 0.6 is 35.0 Å². The summed E-state index contributed by atoms with van der Waals surface area (Å²) in [6.45, 7) is 0.510. The summed E-state index contributed by atoms with van der Waals surface area (Å²) in [7, 11) is 0. The number of carbonyl (C=O) groups excluding carboxylic acids is 2. The molecule has 31 heavy (non-hydrogen) atoms. The van der Waals surface area contributed by atoms with Crippen molar-refractivity contribution in [3.05, 3.63) is 104 Å². The third-order valence-corrected chi connectivity index (χ3v) is 6.30. The normalized spacial score (nSPS) is 15.0. The summed E-state index contributed by atoms with van der Waals surface area (Å²) in [4.78, 5) is 26.6. The van der Waals surface area contributed by atoms with E-state index in [9.17, 15) is 9.59 Å². The van der Waals surface area contributed by atoms with Crippen LogP contribution in [0.5, 0.6) is 5.75 Å². The Morgan fingerprint density at radius 2 is 1.55 bits per heavy atom. The summed E-state index contributed by atoms with van der Waals surface area (Å²) < 4.78 is 5.78. The van der Waals surface area contributed by atoms with Crippen molar-refractivity contribution >= 4 is 52.2 Å². The van der Waals surface area contributed by atoms with E-state index in [0.29, 0.717) is 20.7 Å². The van der Waals surface area contributed by atoms with Crippen LogP contribution in [0.2, 0.25) is 10.0 Å². The van der Waals surface area contributed by atoms with Gasteiger partial charge in [0, 0.05) is 15.6 Å². The lowest BCUT2D eigenvalue weighted by Crippen LogP contribution is -2.27. The molecule has 1 aliphatic rings. The molecule has 4 nitrogen and oxygen atoms in total. The molecule has 1 heterocycles. The molecule has 0 aromatic heterocycles. The Labute approximate surface area is 194 Å². The Morgan fingerprint density at radius 3 is 2.23 bits per heavy atom. The largest absolute Gasteiger partial charge is 0.489 e. The van der Waals surface area contributed by atoms with E-state index in [0.717, 1.165) is 28.5 Å². The Morgan fingerprint density at radius 1 is 0.871 bits per heavy atom. The molecule has 3 aromatic carbocycles. The molecule has 0 bridgehead atoms. The van der Waals surface area contributed by atoms with Gasteiger partial charge in [-0.15, -0.1) is 0 Å². The van der Waals surface area contributed by atoms with Crippen molar-refractivity contribution in [2.75, 3.05) is 0 Å². The molecule has 1 aliphatic heterocycles. The van der Waals surface area contributed by atoms with Crippen LogP contribution in [0.15, 0.2) is 77.7 Å². The molecular weight excluding hydrogens is 453 g/mol. The zero-order valence-corrected chi connectivity index (χ0v) is 18.6. The number of thioether (sulfide) groups is 1. The van der Waals surface area contributed by atoms with Crippen LogP contribution in [-0.4, -0.2) is 16.0 Å². The summed E-state index contributed by atoms with van der Waals surface area (Å²) in [6.07, 6.45) is 1.71. The first-order valence-corrected chi connectivity index (χ1v) is 11.0. The minimum atomic E-state index is -0.285.